The van der Waals surface area contributed by atoms with Gasteiger partial charge in [0.1, 0.15) is 0 Å². The Bertz CT molecular complexity index is 1150. The summed E-state index contributed by atoms with van der Waals surface area (Å²) in [6, 6.07) is -0.661. The molecule has 0 aliphatic rings. The highest BCUT2D eigenvalue weighted by Crippen LogP contribution is 2.13. The Morgan fingerprint density at radius 3 is 1.16 bits per heavy atom. The van der Waals surface area contributed by atoms with Gasteiger partial charge in [0.25, 0.3) is 0 Å². The molecule has 4 heteroatoms. The molecule has 0 spiro atoms. The van der Waals surface area contributed by atoms with E-state index >= 15 is 0 Å². The first-order valence-corrected chi connectivity index (χ1v) is 22.7. The first-order chi connectivity index (χ1) is 27.7. The minimum absolute atomic E-state index is 0.128. The normalized spacial score (nSPS) is 14.1. The lowest BCUT2D eigenvalue weighted by atomic mass is 10.0. The fraction of sp³-hybridized carbons (Fsp3) is 0.596. The summed E-state index contributed by atoms with van der Waals surface area (Å²) < 4.78 is 0. The number of carbonyl (C=O) groups excluding carboxylic acids is 1. The number of hydrogen-bond donors (Lipinski definition) is 3. The lowest BCUT2D eigenvalue weighted by molar-refractivity contribution is -0.122. The number of aliphatic hydroxyl groups excluding tert-OH is 2. The van der Waals surface area contributed by atoms with Crippen LogP contribution in [0.1, 0.15) is 181 Å². The Labute approximate surface area is 346 Å². The van der Waals surface area contributed by atoms with Crippen LogP contribution in [0, 0.1) is 0 Å². The predicted octanol–water partition coefficient (Wildman–Crippen LogP) is 14.6. The fourth-order valence-electron chi connectivity index (χ4n) is 6.00. The molecule has 0 aliphatic carbocycles. The maximum Gasteiger partial charge on any atom is 0.220 e. The summed E-state index contributed by atoms with van der Waals surface area (Å²) in [5.41, 5.74) is 0. The smallest absolute Gasteiger partial charge is 0.220 e. The van der Waals surface area contributed by atoms with Gasteiger partial charge in [0.15, 0.2) is 0 Å². The molecular weight excluding hydrogens is 687 g/mol. The Hall–Kier alpha value is -3.21. The van der Waals surface area contributed by atoms with Crippen molar-refractivity contribution in [2.75, 3.05) is 6.61 Å². The summed E-state index contributed by atoms with van der Waals surface area (Å²) in [5.74, 6) is -0.128. The van der Waals surface area contributed by atoms with Crippen molar-refractivity contribution in [3.05, 3.63) is 122 Å². The van der Waals surface area contributed by atoms with E-state index in [1.165, 1.54) is 77.0 Å². The Morgan fingerprint density at radius 2 is 0.786 bits per heavy atom. The van der Waals surface area contributed by atoms with E-state index in [1.807, 2.05) is 6.08 Å². The minimum atomic E-state index is -0.871. The van der Waals surface area contributed by atoms with Crippen molar-refractivity contribution in [2.24, 2.45) is 0 Å². The van der Waals surface area contributed by atoms with E-state index in [1.54, 1.807) is 6.08 Å². The SMILES string of the molecule is CC/C=C\C/C=C\C/C=C\C/C=C\C/C=C\C/C=C\C/C=C\C/C=C\C/C=C\CCCC(=O)NC(CO)C(O)/C=C/CCCCCCCCCCCCCCC. The van der Waals surface area contributed by atoms with Crippen molar-refractivity contribution in [3.63, 3.8) is 0 Å². The predicted molar refractivity (Wildman–Crippen MR) is 248 cm³/mol. The van der Waals surface area contributed by atoms with E-state index in [2.05, 4.69) is 129 Å². The van der Waals surface area contributed by atoms with Crippen LogP contribution in [-0.2, 0) is 4.79 Å². The second-order valence-corrected chi connectivity index (χ2v) is 14.7. The molecule has 4 nitrogen and oxygen atoms in total. The number of allylic oxidation sites excluding steroid dienone is 19. The zero-order valence-corrected chi connectivity index (χ0v) is 36.1. The molecule has 3 N–H and O–H groups in total. The number of carbonyl (C=O) groups is 1. The molecule has 56 heavy (non-hydrogen) atoms. The average molecular weight is 772 g/mol. The maximum absolute atomic E-state index is 12.4. The highest BCUT2D eigenvalue weighted by Gasteiger charge is 2.17. The molecule has 0 radical (unpaired) electrons. The van der Waals surface area contributed by atoms with Gasteiger partial charge in [0, 0.05) is 6.42 Å². The molecule has 316 valence electrons. The van der Waals surface area contributed by atoms with Crippen LogP contribution in [0.3, 0.4) is 0 Å². The second-order valence-electron chi connectivity index (χ2n) is 14.7. The first kappa shape index (κ1) is 52.8. The van der Waals surface area contributed by atoms with Crippen LogP contribution in [0.4, 0.5) is 0 Å². The summed E-state index contributed by atoms with van der Waals surface area (Å²) in [6.45, 7) is 4.15. The van der Waals surface area contributed by atoms with Crippen molar-refractivity contribution in [2.45, 2.75) is 193 Å². The molecule has 0 saturated carbocycles. The molecule has 0 heterocycles. The quantitative estimate of drug-likeness (QED) is 0.0430. The zero-order valence-electron chi connectivity index (χ0n) is 36.1. The first-order valence-electron chi connectivity index (χ1n) is 22.7. The molecule has 1 amide bonds. The zero-order chi connectivity index (χ0) is 40.7. The van der Waals surface area contributed by atoms with Crippen LogP contribution in [0.2, 0.25) is 0 Å². The van der Waals surface area contributed by atoms with E-state index in [9.17, 15) is 15.0 Å². The van der Waals surface area contributed by atoms with E-state index in [0.717, 1.165) is 83.5 Å². The highest BCUT2D eigenvalue weighted by molar-refractivity contribution is 5.76. The van der Waals surface area contributed by atoms with Gasteiger partial charge in [-0.1, -0.05) is 212 Å². The van der Waals surface area contributed by atoms with Gasteiger partial charge in [-0.25, -0.2) is 0 Å². The third-order valence-electron chi connectivity index (χ3n) is 9.45. The van der Waals surface area contributed by atoms with Crippen LogP contribution < -0.4 is 5.32 Å². The summed E-state index contributed by atoms with van der Waals surface area (Å²) in [4.78, 5) is 12.4. The van der Waals surface area contributed by atoms with E-state index in [4.69, 9.17) is 0 Å². The van der Waals surface area contributed by atoms with E-state index in [0.29, 0.717) is 6.42 Å². The number of aliphatic hydroxyl groups is 2. The Morgan fingerprint density at radius 1 is 0.446 bits per heavy atom. The van der Waals surface area contributed by atoms with Gasteiger partial charge in [-0.2, -0.15) is 0 Å². The minimum Gasteiger partial charge on any atom is -0.394 e. The van der Waals surface area contributed by atoms with Crippen LogP contribution in [-0.4, -0.2) is 34.9 Å². The van der Waals surface area contributed by atoms with Gasteiger partial charge in [-0.05, 0) is 83.5 Å². The Kier molecular flexibility index (Phi) is 43.5. The third kappa shape index (κ3) is 41.9. The molecule has 2 atom stereocenters. The van der Waals surface area contributed by atoms with Crippen molar-refractivity contribution >= 4 is 5.91 Å². The maximum atomic E-state index is 12.4. The molecule has 0 aromatic heterocycles. The molecule has 0 saturated heterocycles. The van der Waals surface area contributed by atoms with Gasteiger partial charge in [-0.3, -0.25) is 4.79 Å². The van der Waals surface area contributed by atoms with Crippen LogP contribution >= 0.6 is 0 Å². The van der Waals surface area contributed by atoms with Crippen LogP contribution in [0.25, 0.3) is 0 Å². The summed E-state index contributed by atoms with van der Waals surface area (Å²) in [5, 5.41) is 23.0. The molecule has 0 fully saturated rings. The van der Waals surface area contributed by atoms with Crippen LogP contribution in [0.15, 0.2) is 122 Å². The highest BCUT2D eigenvalue weighted by atomic mass is 16.3. The molecule has 0 aliphatic heterocycles. The number of unbranched alkanes of at least 4 members (excludes halogenated alkanes) is 14. The second kappa shape index (κ2) is 46.2. The lowest BCUT2D eigenvalue weighted by Gasteiger charge is -2.19. The molecule has 2 unspecified atom stereocenters. The molecule has 0 aromatic rings. The Balaban J connectivity index is 3.78. The fourth-order valence-corrected chi connectivity index (χ4v) is 6.00. The molecular formula is C52H85NO3. The third-order valence-corrected chi connectivity index (χ3v) is 9.45. The number of nitrogens with one attached hydrogen (secondary N) is 1. The topological polar surface area (TPSA) is 69.6 Å². The van der Waals surface area contributed by atoms with Gasteiger partial charge >= 0.3 is 0 Å². The monoisotopic (exact) mass is 772 g/mol. The van der Waals surface area contributed by atoms with Crippen LogP contribution in [0.5, 0.6) is 0 Å². The van der Waals surface area contributed by atoms with Gasteiger partial charge in [0.2, 0.25) is 5.91 Å². The van der Waals surface area contributed by atoms with Crippen molar-refractivity contribution in [1.29, 1.82) is 0 Å². The lowest BCUT2D eigenvalue weighted by Crippen LogP contribution is -2.45. The van der Waals surface area contributed by atoms with Gasteiger partial charge < -0.3 is 15.5 Å². The van der Waals surface area contributed by atoms with Gasteiger partial charge in [0.05, 0.1) is 18.8 Å². The standard InChI is InChI=1S/C52H85NO3/c1-3-5-7-9-11-13-15-17-19-20-21-22-23-24-25-26-27-28-29-30-31-32-34-36-38-40-42-44-46-48-52(56)53-50(49-54)51(55)47-45-43-41-39-37-35-33-18-16-14-12-10-8-6-4-2/h5,7,11,13,17,19,21-22,24-25,27-28,30-31,34,36,40,42,45,47,50-51,54-55H,3-4,6,8-10,12,14-16,18,20,23,26,29,32-33,35,37-39,41,43-44,46,48-49H2,1-2H3,(H,53,56)/b7-5-,13-11-,19-17-,22-21-,25-24-,28-27-,31-30-,36-34-,42-40-,47-45+. The molecule has 0 rings (SSSR count). The summed E-state index contributed by atoms with van der Waals surface area (Å²) in [7, 11) is 0. The summed E-state index contributed by atoms with van der Waals surface area (Å²) >= 11 is 0. The number of hydrogen-bond acceptors (Lipinski definition) is 3. The molecule has 0 bridgehead atoms. The van der Waals surface area contributed by atoms with Gasteiger partial charge in [-0.15, -0.1) is 0 Å². The van der Waals surface area contributed by atoms with Crippen molar-refractivity contribution in [3.8, 4) is 0 Å². The number of amides is 1. The number of rotatable bonds is 39. The molecule has 0 aromatic carbocycles. The van der Waals surface area contributed by atoms with E-state index in [-0.39, 0.29) is 12.5 Å². The average Bonchev–Trinajstić information content (AvgIpc) is 3.20. The van der Waals surface area contributed by atoms with Crippen molar-refractivity contribution < 1.29 is 15.0 Å². The van der Waals surface area contributed by atoms with Crippen molar-refractivity contribution in [1.82, 2.24) is 5.32 Å². The summed E-state index contributed by atoms with van der Waals surface area (Å²) in [6.07, 6.45) is 71.6. The van der Waals surface area contributed by atoms with E-state index < -0.39 is 12.1 Å². The largest absolute Gasteiger partial charge is 0.394 e.